The minimum absolute atomic E-state index is 0.0322. The van der Waals surface area contributed by atoms with E-state index in [0.717, 1.165) is 57.8 Å². The van der Waals surface area contributed by atoms with Crippen molar-refractivity contribution in [2.45, 2.75) is 116 Å². The van der Waals surface area contributed by atoms with E-state index in [-0.39, 0.29) is 19.3 Å². The average Bonchev–Trinajstić information content (AvgIpc) is 3.09. The second-order valence-electron chi connectivity index (χ2n) is 11.1. The molecule has 0 fully saturated rings. The summed E-state index contributed by atoms with van der Waals surface area (Å²) < 4.78 is 0. The minimum atomic E-state index is -0.900. The Labute approximate surface area is 303 Å². The SMILES string of the molecule is CC/C=C\C/C=C\C/C=C\C/C=C\C/C=C\C/C=C\CCC(=O)O.CC/C=C\C[C@H](O)/C=C/C=C\C/C=C\C/C=C\C=C\C(O)CCC(=O)O. The molecule has 0 aromatic carbocycles. The Morgan fingerprint density at radius 3 is 1.22 bits per heavy atom. The zero-order chi connectivity index (χ0) is 37.2. The Balaban J connectivity index is 0. The normalized spacial score (nSPS) is 14.3. The highest BCUT2D eigenvalue weighted by atomic mass is 16.4. The first-order valence-electron chi connectivity index (χ1n) is 18.0. The maximum atomic E-state index is 10.4. The molecule has 0 spiro atoms. The second-order valence-corrected chi connectivity index (χ2v) is 11.1. The Morgan fingerprint density at radius 1 is 0.440 bits per heavy atom. The fourth-order valence-corrected chi connectivity index (χ4v) is 3.74. The van der Waals surface area contributed by atoms with Crippen molar-refractivity contribution in [3.8, 4) is 0 Å². The van der Waals surface area contributed by atoms with E-state index < -0.39 is 24.1 Å². The summed E-state index contributed by atoms with van der Waals surface area (Å²) in [5.41, 5.74) is 0. The van der Waals surface area contributed by atoms with Gasteiger partial charge in [0.2, 0.25) is 0 Å². The summed E-state index contributed by atoms with van der Waals surface area (Å²) in [5, 5.41) is 36.2. The largest absolute Gasteiger partial charge is 0.481 e. The lowest BCUT2D eigenvalue weighted by molar-refractivity contribution is -0.138. The van der Waals surface area contributed by atoms with Gasteiger partial charge < -0.3 is 20.4 Å². The number of allylic oxidation sites excluding steroid dienone is 21. The third-order valence-electron chi connectivity index (χ3n) is 6.43. The van der Waals surface area contributed by atoms with Crippen LogP contribution in [-0.2, 0) is 9.59 Å². The molecule has 276 valence electrons. The molecule has 0 saturated heterocycles. The third kappa shape index (κ3) is 45.9. The van der Waals surface area contributed by atoms with Crippen LogP contribution < -0.4 is 0 Å². The second kappa shape index (κ2) is 40.9. The smallest absolute Gasteiger partial charge is 0.303 e. The van der Waals surface area contributed by atoms with E-state index in [1.165, 1.54) is 0 Å². The maximum absolute atomic E-state index is 10.4. The lowest BCUT2D eigenvalue weighted by Gasteiger charge is -2.00. The zero-order valence-electron chi connectivity index (χ0n) is 30.5. The van der Waals surface area contributed by atoms with E-state index in [4.69, 9.17) is 10.2 Å². The minimum Gasteiger partial charge on any atom is -0.481 e. The van der Waals surface area contributed by atoms with E-state index in [9.17, 15) is 19.8 Å². The molecule has 2 atom stereocenters. The molecule has 50 heavy (non-hydrogen) atoms. The van der Waals surface area contributed by atoms with Crippen LogP contribution in [-0.4, -0.2) is 44.6 Å². The van der Waals surface area contributed by atoms with Gasteiger partial charge in [0.15, 0.2) is 0 Å². The van der Waals surface area contributed by atoms with Gasteiger partial charge in [0.25, 0.3) is 0 Å². The summed E-state index contributed by atoms with van der Waals surface area (Å²) in [6.07, 6.45) is 57.6. The zero-order valence-corrected chi connectivity index (χ0v) is 30.5. The number of carboxylic acid groups (broad SMARTS) is 2. The van der Waals surface area contributed by atoms with Gasteiger partial charge in [-0.2, -0.15) is 0 Å². The van der Waals surface area contributed by atoms with Crippen LogP contribution in [0.15, 0.2) is 146 Å². The van der Waals surface area contributed by atoms with Crippen molar-refractivity contribution in [2.24, 2.45) is 0 Å². The van der Waals surface area contributed by atoms with E-state index in [1.54, 1.807) is 18.2 Å². The van der Waals surface area contributed by atoms with Crippen molar-refractivity contribution in [3.63, 3.8) is 0 Å². The summed E-state index contributed by atoms with van der Waals surface area (Å²) in [5.74, 6) is -1.64. The predicted molar refractivity (Wildman–Crippen MR) is 213 cm³/mol. The van der Waals surface area contributed by atoms with Crippen molar-refractivity contribution < 1.29 is 30.0 Å². The van der Waals surface area contributed by atoms with Crippen molar-refractivity contribution in [2.75, 3.05) is 0 Å². The number of aliphatic carboxylic acids is 2. The average molecular weight is 689 g/mol. The summed E-state index contributed by atoms with van der Waals surface area (Å²) in [7, 11) is 0. The van der Waals surface area contributed by atoms with Gasteiger partial charge in [-0.25, -0.2) is 0 Å². The molecule has 0 aromatic heterocycles. The van der Waals surface area contributed by atoms with E-state index in [0.29, 0.717) is 12.8 Å². The molecule has 0 radical (unpaired) electrons. The van der Waals surface area contributed by atoms with Crippen LogP contribution in [0.4, 0.5) is 0 Å². The molecule has 0 aliphatic carbocycles. The number of carbonyl (C=O) groups is 2. The predicted octanol–water partition coefficient (Wildman–Crippen LogP) is 11.0. The van der Waals surface area contributed by atoms with Gasteiger partial charge in [-0.05, 0) is 77.0 Å². The van der Waals surface area contributed by atoms with Gasteiger partial charge in [-0.15, -0.1) is 0 Å². The number of hydrogen-bond donors (Lipinski definition) is 4. The number of aliphatic hydroxyl groups is 2. The monoisotopic (exact) mass is 688 g/mol. The molecule has 0 amide bonds. The van der Waals surface area contributed by atoms with Crippen molar-refractivity contribution in [3.05, 3.63) is 146 Å². The Bertz CT molecular complexity index is 1170. The Hall–Kier alpha value is -4.26. The summed E-state index contributed by atoms with van der Waals surface area (Å²) in [4.78, 5) is 20.7. The summed E-state index contributed by atoms with van der Waals surface area (Å²) >= 11 is 0. The fourth-order valence-electron chi connectivity index (χ4n) is 3.74. The molecule has 0 aromatic rings. The van der Waals surface area contributed by atoms with E-state index in [1.807, 2.05) is 60.8 Å². The van der Waals surface area contributed by atoms with Crippen LogP contribution in [0.5, 0.6) is 0 Å². The van der Waals surface area contributed by atoms with Crippen LogP contribution in [0, 0.1) is 0 Å². The molecule has 0 aliphatic rings. The number of aliphatic hydroxyl groups excluding tert-OH is 2. The number of carboxylic acids is 2. The van der Waals surface area contributed by atoms with E-state index >= 15 is 0 Å². The van der Waals surface area contributed by atoms with Crippen molar-refractivity contribution >= 4 is 11.9 Å². The first-order valence-corrected chi connectivity index (χ1v) is 18.0. The van der Waals surface area contributed by atoms with Gasteiger partial charge in [0.05, 0.1) is 12.2 Å². The first-order chi connectivity index (χ1) is 24.3. The Morgan fingerprint density at radius 2 is 0.800 bits per heavy atom. The highest BCUT2D eigenvalue weighted by Gasteiger charge is 2.02. The van der Waals surface area contributed by atoms with E-state index in [2.05, 4.69) is 80.7 Å². The molecule has 4 N–H and O–H groups in total. The topological polar surface area (TPSA) is 115 Å². The molecule has 0 saturated carbocycles. The third-order valence-corrected chi connectivity index (χ3v) is 6.43. The maximum Gasteiger partial charge on any atom is 0.303 e. The standard InChI is InChI=1S/C22H32O4.C22H32O2/c1-2-3-12-15-20(23)16-13-10-8-6-4-5-7-9-11-14-17-21(24)18-19-22(25)26;1-2-3-4-5-6-7-8-9-10-11-12-13-14-15-16-17-18-19-20-21-22(23)24/h3-5,8-14,16-17,20-21,23-24H,2,6-7,15,18-19H2,1H3,(H,25,26);3-4,6-7,9-10,12-13,15-16,18-19H,2,5,8,11,14,17,20-21H2,1H3,(H,23,24)/b5-4-,10-8-,11-9-,12-3-,16-13+,17-14+;4-3-,7-6-,10-9-,13-12-,16-15-,19-18-/t20-,21?;/m0./s1. The lowest BCUT2D eigenvalue weighted by Crippen LogP contribution is -2.05. The number of hydrogen-bond acceptors (Lipinski definition) is 4. The highest BCUT2D eigenvalue weighted by molar-refractivity contribution is 5.67. The quantitative estimate of drug-likeness (QED) is 0.0480. The van der Waals surface area contributed by atoms with Crippen LogP contribution in [0.3, 0.4) is 0 Å². The summed E-state index contributed by atoms with van der Waals surface area (Å²) in [6.45, 7) is 4.21. The molecule has 0 aliphatic heterocycles. The van der Waals surface area contributed by atoms with Crippen LogP contribution >= 0.6 is 0 Å². The van der Waals surface area contributed by atoms with Crippen molar-refractivity contribution in [1.82, 2.24) is 0 Å². The number of rotatable bonds is 28. The van der Waals surface area contributed by atoms with Gasteiger partial charge in [-0.1, -0.05) is 160 Å². The van der Waals surface area contributed by atoms with Gasteiger partial charge in [-0.3, -0.25) is 9.59 Å². The molecule has 1 unspecified atom stereocenters. The molecule has 0 bridgehead atoms. The molecule has 6 heteroatoms. The highest BCUT2D eigenvalue weighted by Crippen LogP contribution is 2.01. The van der Waals surface area contributed by atoms with Crippen LogP contribution in [0.25, 0.3) is 0 Å². The lowest BCUT2D eigenvalue weighted by atomic mass is 10.2. The van der Waals surface area contributed by atoms with Crippen LogP contribution in [0.1, 0.15) is 104 Å². The van der Waals surface area contributed by atoms with Gasteiger partial charge in [0.1, 0.15) is 0 Å². The van der Waals surface area contributed by atoms with Gasteiger partial charge in [0, 0.05) is 12.8 Å². The van der Waals surface area contributed by atoms with Crippen LogP contribution in [0.2, 0.25) is 0 Å². The van der Waals surface area contributed by atoms with Crippen molar-refractivity contribution in [1.29, 1.82) is 0 Å². The van der Waals surface area contributed by atoms with Gasteiger partial charge >= 0.3 is 11.9 Å². The molecule has 0 heterocycles. The summed E-state index contributed by atoms with van der Waals surface area (Å²) in [6, 6.07) is 0. The first kappa shape index (κ1) is 47.9. The molecule has 6 nitrogen and oxygen atoms in total. The molecular formula is C44H64O6. The fraction of sp³-hybridized carbons (Fsp3) is 0.409. The molecule has 0 rings (SSSR count). The molecular weight excluding hydrogens is 624 g/mol. The Kier molecular flexibility index (Phi) is 39.2.